The molecule has 1 N–H and O–H groups in total. The van der Waals surface area contributed by atoms with E-state index in [2.05, 4.69) is 15.3 Å². The summed E-state index contributed by atoms with van der Waals surface area (Å²) >= 11 is 0. The summed E-state index contributed by atoms with van der Waals surface area (Å²) in [7, 11) is 0. The van der Waals surface area contributed by atoms with E-state index in [0.29, 0.717) is 35.1 Å². The van der Waals surface area contributed by atoms with E-state index in [1.807, 2.05) is 24.3 Å². The van der Waals surface area contributed by atoms with Crippen molar-refractivity contribution in [3.63, 3.8) is 0 Å². The molecule has 6 heteroatoms. The monoisotopic (exact) mass is 342 g/mol. The van der Waals surface area contributed by atoms with Gasteiger partial charge in [0.05, 0.1) is 29.0 Å². The van der Waals surface area contributed by atoms with Gasteiger partial charge in [0.15, 0.2) is 11.7 Å². The van der Waals surface area contributed by atoms with Crippen LogP contribution in [0.4, 0.5) is 5.69 Å². The summed E-state index contributed by atoms with van der Waals surface area (Å²) in [5.74, 6) is -1.38. The normalized spacial score (nSPS) is 14.2. The topological polar surface area (TPSA) is 95.7 Å². The molecular formula is C20H14N4O2. The number of hydrogen-bond acceptors (Lipinski definition) is 5. The van der Waals surface area contributed by atoms with Gasteiger partial charge in [-0.05, 0) is 42.3 Å². The lowest BCUT2D eigenvalue weighted by Crippen LogP contribution is -2.20. The highest BCUT2D eigenvalue weighted by molar-refractivity contribution is 6.04. The van der Waals surface area contributed by atoms with E-state index in [1.54, 1.807) is 24.3 Å². The van der Waals surface area contributed by atoms with Crippen LogP contribution in [0, 0.1) is 11.3 Å². The molecule has 1 aliphatic heterocycles. The van der Waals surface area contributed by atoms with E-state index in [1.165, 1.54) is 6.20 Å². The fraction of sp³-hybridized carbons (Fsp3) is 0.150. The second-order valence-electron chi connectivity index (χ2n) is 6.13. The lowest BCUT2D eigenvalue weighted by molar-refractivity contribution is -0.116. The van der Waals surface area contributed by atoms with Crippen LogP contribution in [0.1, 0.15) is 34.0 Å². The van der Waals surface area contributed by atoms with Gasteiger partial charge in [-0.15, -0.1) is 0 Å². The maximum atomic E-state index is 12.9. The molecule has 1 amide bonds. The van der Waals surface area contributed by atoms with Crippen molar-refractivity contribution < 1.29 is 9.59 Å². The third-order valence-corrected chi connectivity index (χ3v) is 4.44. The first-order chi connectivity index (χ1) is 12.7. The number of hydrogen-bond donors (Lipinski definition) is 1. The lowest BCUT2D eigenvalue weighted by atomic mass is 9.92. The number of amides is 1. The predicted octanol–water partition coefficient (Wildman–Crippen LogP) is 3.00. The van der Waals surface area contributed by atoms with Gasteiger partial charge < -0.3 is 5.32 Å². The average Bonchev–Trinajstić information content (AvgIpc) is 2.68. The molecule has 2 heterocycles. The number of rotatable bonds is 3. The summed E-state index contributed by atoms with van der Waals surface area (Å²) in [6.45, 7) is 0. The zero-order valence-electron chi connectivity index (χ0n) is 13.8. The highest BCUT2D eigenvalue weighted by atomic mass is 16.1. The second kappa shape index (κ2) is 6.37. The van der Waals surface area contributed by atoms with Crippen LogP contribution in [0.3, 0.4) is 0 Å². The van der Waals surface area contributed by atoms with E-state index in [-0.39, 0.29) is 11.7 Å². The summed E-state index contributed by atoms with van der Waals surface area (Å²) in [6, 6.07) is 14.4. The van der Waals surface area contributed by atoms with Crippen LogP contribution < -0.4 is 5.32 Å². The predicted molar refractivity (Wildman–Crippen MR) is 95.6 cm³/mol. The van der Waals surface area contributed by atoms with E-state index in [9.17, 15) is 14.9 Å². The molecule has 1 aliphatic rings. The molecule has 6 nitrogen and oxygen atoms in total. The molecule has 0 saturated heterocycles. The van der Waals surface area contributed by atoms with Crippen molar-refractivity contribution in [1.82, 2.24) is 9.97 Å². The minimum Gasteiger partial charge on any atom is -0.326 e. The largest absolute Gasteiger partial charge is 0.326 e. The molecule has 0 aliphatic carbocycles. The van der Waals surface area contributed by atoms with Crippen molar-refractivity contribution in [2.75, 3.05) is 5.32 Å². The molecule has 0 bridgehead atoms. The summed E-state index contributed by atoms with van der Waals surface area (Å²) < 4.78 is 0. The molecule has 4 rings (SSSR count). The van der Waals surface area contributed by atoms with Crippen molar-refractivity contribution in [3.05, 3.63) is 65.5 Å². The second-order valence-corrected chi connectivity index (χ2v) is 6.13. The molecule has 1 aromatic heterocycles. The number of aryl methyl sites for hydroxylation is 1. The zero-order valence-corrected chi connectivity index (χ0v) is 13.8. The number of carbonyl (C=O) groups excluding carboxylic acids is 2. The molecule has 1 unspecified atom stereocenters. The van der Waals surface area contributed by atoms with Crippen molar-refractivity contribution in [2.24, 2.45) is 0 Å². The van der Waals surface area contributed by atoms with Gasteiger partial charge in [0.25, 0.3) is 0 Å². The number of nitrogens with zero attached hydrogens (tertiary/aromatic N) is 3. The standard InChI is InChI=1S/C20H14N4O2/c21-10-14(18-11-22-16-3-1-2-4-17(16)23-18)20(26)13-5-7-15-12(9-13)6-8-19(25)24-15/h1-5,7,9,11,14H,6,8H2,(H,24,25). The highest BCUT2D eigenvalue weighted by Crippen LogP contribution is 2.27. The van der Waals surface area contributed by atoms with Crippen LogP contribution in [-0.2, 0) is 11.2 Å². The van der Waals surface area contributed by atoms with Crippen LogP contribution in [0.25, 0.3) is 11.0 Å². The van der Waals surface area contributed by atoms with Gasteiger partial charge in [-0.2, -0.15) is 5.26 Å². The molecule has 0 fully saturated rings. The molecule has 26 heavy (non-hydrogen) atoms. The Balaban J connectivity index is 1.69. The number of Topliss-reactive ketones (excluding diaryl/α,β-unsaturated/α-hetero) is 1. The molecule has 2 aromatic carbocycles. The van der Waals surface area contributed by atoms with Gasteiger partial charge in [-0.25, -0.2) is 4.98 Å². The number of anilines is 1. The number of benzene rings is 2. The molecule has 0 radical (unpaired) electrons. The number of carbonyl (C=O) groups is 2. The maximum Gasteiger partial charge on any atom is 0.224 e. The number of nitriles is 1. The first-order valence-electron chi connectivity index (χ1n) is 8.24. The minimum absolute atomic E-state index is 0.0297. The Morgan fingerprint density at radius 2 is 1.96 bits per heavy atom. The minimum atomic E-state index is -1.02. The fourth-order valence-electron chi connectivity index (χ4n) is 3.07. The smallest absolute Gasteiger partial charge is 0.224 e. The van der Waals surface area contributed by atoms with E-state index >= 15 is 0 Å². The Kier molecular flexibility index (Phi) is 3.90. The third kappa shape index (κ3) is 2.80. The van der Waals surface area contributed by atoms with Gasteiger partial charge in [0, 0.05) is 17.7 Å². The number of para-hydroxylation sites is 2. The van der Waals surface area contributed by atoms with Crippen molar-refractivity contribution in [1.29, 1.82) is 5.26 Å². The van der Waals surface area contributed by atoms with Crippen molar-refractivity contribution >= 4 is 28.4 Å². The summed E-state index contributed by atoms with van der Waals surface area (Å²) in [5.41, 5.74) is 3.74. The fourth-order valence-corrected chi connectivity index (χ4v) is 3.07. The van der Waals surface area contributed by atoms with Crippen molar-refractivity contribution in [3.8, 4) is 6.07 Å². The van der Waals surface area contributed by atoms with Gasteiger partial charge in [-0.1, -0.05) is 12.1 Å². The van der Waals surface area contributed by atoms with Gasteiger partial charge >= 0.3 is 0 Å². The van der Waals surface area contributed by atoms with Crippen LogP contribution in [0.5, 0.6) is 0 Å². The number of ketones is 1. The van der Waals surface area contributed by atoms with Crippen LogP contribution in [0.2, 0.25) is 0 Å². The molecule has 0 saturated carbocycles. The molecule has 1 atom stereocenters. The SMILES string of the molecule is N#CC(C(=O)c1ccc2c(c1)CCC(=O)N2)c1cnc2ccccc2n1. The first-order valence-corrected chi connectivity index (χ1v) is 8.24. The summed E-state index contributed by atoms with van der Waals surface area (Å²) in [5, 5.41) is 12.3. The first kappa shape index (κ1) is 15.9. The maximum absolute atomic E-state index is 12.9. The number of fused-ring (bicyclic) bond motifs is 2. The molecule has 0 spiro atoms. The van der Waals surface area contributed by atoms with E-state index < -0.39 is 5.92 Å². The Morgan fingerprint density at radius 1 is 1.15 bits per heavy atom. The summed E-state index contributed by atoms with van der Waals surface area (Å²) in [6.07, 6.45) is 2.45. The van der Waals surface area contributed by atoms with Crippen molar-refractivity contribution in [2.45, 2.75) is 18.8 Å². The van der Waals surface area contributed by atoms with Gasteiger partial charge in [-0.3, -0.25) is 14.6 Å². The molecular weight excluding hydrogens is 328 g/mol. The highest BCUT2D eigenvalue weighted by Gasteiger charge is 2.25. The Bertz CT molecular complexity index is 1080. The van der Waals surface area contributed by atoms with Crippen LogP contribution in [-0.4, -0.2) is 21.7 Å². The van der Waals surface area contributed by atoms with Gasteiger partial charge in [0.1, 0.15) is 0 Å². The number of nitrogens with one attached hydrogen (secondary N) is 1. The number of aromatic nitrogens is 2. The quantitative estimate of drug-likeness (QED) is 0.738. The molecule has 3 aromatic rings. The van der Waals surface area contributed by atoms with Gasteiger partial charge in [0.2, 0.25) is 5.91 Å². The van der Waals surface area contributed by atoms with Crippen LogP contribution >= 0.6 is 0 Å². The summed E-state index contributed by atoms with van der Waals surface area (Å²) in [4.78, 5) is 33.1. The molecule has 126 valence electrons. The Morgan fingerprint density at radius 3 is 2.77 bits per heavy atom. The average molecular weight is 342 g/mol. The van der Waals surface area contributed by atoms with E-state index in [4.69, 9.17) is 0 Å². The lowest BCUT2D eigenvalue weighted by Gasteiger charge is -2.17. The zero-order chi connectivity index (χ0) is 18.1. The Labute approximate surface area is 149 Å². The third-order valence-electron chi connectivity index (χ3n) is 4.44. The van der Waals surface area contributed by atoms with E-state index in [0.717, 1.165) is 11.3 Å². The van der Waals surface area contributed by atoms with Crippen LogP contribution in [0.15, 0.2) is 48.7 Å². The Hall–Kier alpha value is -3.59.